The zero-order valence-electron chi connectivity index (χ0n) is 9.09. The molecule has 1 aliphatic rings. The molecule has 0 radical (unpaired) electrons. The first-order chi connectivity index (χ1) is 6.70. The topological polar surface area (TPSA) is 61.4 Å². The van der Waals surface area contributed by atoms with Gasteiger partial charge in [-0.05, 0) is 0 Å². The van der Waals surface area contributed by atoms with Crippen LogP contribution in [0.5, 0.6) is 0 Å². The summed E-state index contributed by atoms with van der Waals surface area (Å²) in [5, 5.41) is 5.31. The summed E-state index contributed by atoms with van der Waals surface area (Å²) in [5.74, 6) is -0.0606. The van der Waals surface area contributed by atoms with Gasteiger partial charge in [0.1, 0.15) is 0 Å². The molecule has 14 heavy (non-hydrogen) atoms. The number of rotatable bonds is 3. The SMILES string of the molecule is CC.CC(=O)NCCN1CCNC1=O. The van der Waals surface area contributed by atoms with Crippen molar-refractivity contribution >= 4 is 11.9 Å². The Kier molecular flexibility index (Phi) is 6.53. The van der Waals surface area contributed by atoms with Crippen LogP contribution in [0.25, 0.3) is 0 Å². The molecule has 0 aromatic carbocycles. The van der Waals surface area contributed by atoms with Crippen molar-refractivity contribution in [2.75, 3.05) is 26.2 Å². The van der Waals surface area contributed by atoms with Crippen LogP contribution >= 0.6 is 0 Å². The highest BCUT2D eigenvalue weighted by molar-refractivity contribution is 5.76. The number of carbonyl (C=O) groups excluding carboxylic acids is 2. The van der Waals surface area contributed by atoms with Crippen molar-refractivity contribution in [2.24, 2.45) is 0 Å². The van der Waals surface area contributed by atoms with E-state index >= 15 is 0 Å². The summed E-state index contributed by atoms with van der Waals surface area (Å²) in [6.07, 6.45) is 0. The predicted octanol–water partition coefficient (Wildman–Crippen LogP) is 0.174. The summed E-state index contributed by atoms with van der Waals surface area (Å²) < 4.78 is 0. The summed E-state index contributed by atoms with van der Waals surface area (Å²) >= 11 is 0. The minimum Gasteiger partial charge on any atom is -0.355 e. The van der Waals surface area contributed by atoms with Crippen LogP contribution in [0.3, 0.4) is 0 Å². The van der Waals surface area contributed by atoms with Crippen LogP contribution in [0.15, 0.2) is 0 Å². The van der Waals surface area contributed by atoms with Crippen molar-refractivity contribution in [1.29, 1.82) is 0 Å². The third-order valence-corrected chi connectivity index (χ3v) is 1.70. The molecule has 1 saturated heterocycles. The normalized spacial score (nSPS) is 14.2. The number of amides is 3. The Morgan fingerprint density at radius 2 is 2.21 bits per heavy atom. The maximum Gasteiger partial charge on any atom is 0.317 e. The molecular formula is C9H19N3O2. The van der Waals surface area contributed by atoms with E-state index in [1.165, 1.54) is 6.92 Å². The van der Waals surface area contributed by atoms with Crippen LogP contribution < -0.4 is 10.6 Å². The molecule has 1 fully saturated rings. The first-order valence-corrected chi connectivity index (χ1v) is 4.97. The molecule has 0 aromatic rings. The first kappa shape index (κ1) is 12.7. The number of nitrogens with zero attached hydrogens (tertiary/aromatic N) is 1. The van der Waals surface area contributed by atoms with Crippen molar-refractivity contribution in [1.82, 2.24) is 15.5 Å². The van der Waals surface area contributed by atoms with E-state index in [0.717, 1.165) is 6.54 Å². The summed E-state index contributed by atoms with van der Waals surface area (Å²) in [6.45, 7) is 8.02. The summed E-state index contributed by atoms with van der Waals surface area (Å²) in [4.78, 5) is 23.1. The highest BCUT2D eigenvalue weighted by Crippen LogP contribution is 1.93. The molecule has 5 nitrogen and oxygen atoms in total. The second kappa shape index (κ2) is 7.17. The second-order valence-electron chi connectivity index (χ2n) is 2.70. The van der Waals surface area contributed by atoms with Gasteiger partial charge in [0, 0.05) is 33.1 Å². The van der Waals surface area contributed by atoms with E-state index in [2.05, 4.69) is 10.6 Å². The van der Waals surface area contributed by atoms with Crippen LogP contribution in [0, 0.1) is 0 Å². The molecule has 0 unspecified atom stereocenters. The summed E-state index contributed by atoms with van der Waals surface area (Å²) in [5.41, 5.74) is 0. The highest BCUT2D eigenvalue weighted by Gasteiger charge is 2.18. The molecule has 1 rings (SSSR count). The van der Waals surface area contributed by atoms with Crippen LogP contribution in [-0.2, 0) is 4.79 Å². The number of urea groups is 1. The predicted molar refractivity (Wildman–Crippen MR) is 55.0 cm³/mol. The lowest BCUT2D eigenvalue weighted by atomic mass is 10.5. The molecule has 5 heteroatoms. The van der Waals surface area contributed by atoms with Gasteiger partial charge in [0.15, 0.2) is 0 Å². The standard InChI is InChI=1S/C7H13N3O2.C2H6/c1-6(11)8-2-4-10-5-3-9-7(10)12;1-2/h2-5H2,1H3,(H,8,11)(H,9,12);1-2H3. The average Bonchev–Trinajstić information content (AvgIpc) is 2.55. The van der Waals surface area contributed by atoms with E-state index in [4.69, 9.17) is 0 Å². The smallest absolute Gasteiger partial charge is 0.317 e. The fraction of sp³-hybridized carbons (Fsp3) is 0.778. The lowest BCUT2D eigenvalue weighted by Crippen LogP contribution is -2.35. The number of carbonyl (C=O) groups is 2. The molecule has 1 heterocycles. The van der Waals surface area contributed by atoms with Crippen molar-refractivity contribution in [3.05, 3.63) is 0 Å². The van der Waals surface area contributed by atoms with Gasteiger partial charge in [-0.3, -0.25) is 4.79 Å². The Balaban J connectivity index is 0.000000791. The van der Waals surface area contributed by atoms with Gasteiger partial charge in [-0.15, -0.1) is 0 Å². The van der Waals surface area contributed by atoms with Crippen molar-refractivity contribution in [3.8, 4) is 0 Å². The van der Waals surface area contributed by atoms with E-state index < -0.39 is 0 Å². The maximum absolute atomic E-state index is 11.0. The Morgan fingerprint density at radius 3 is 2.64 bits per heavy atom. The van der Waals surface area contributed by atoms with Crippen LogP contribution in [0.2, 0.25) is 0 Å². The van der Waals surface area contributed by atoms with Crippen molar-refractivity contribution in [2.45, 2.75) is 20.8 Å². The Hall–Kier alpha value is -1.26. The largest absolute Gasteiger partial charge is 0.355 e. The molecule has 2 N–H and O–H groups in total. The lowest BCUT2D eigenvalue weighted by molar-refractivity contribution is -0.118. The third kappa shape index (κ3) is 4.69. The second-order valence-corrected chi connectivity index (χ2v) is 2.70. The molecule has 0 aromatic heterocycles. The van der Waals surface area contributed by atoms with E-state index in [-0.39, 0.29) is 11.9 Å². The fourth-order valence-corrected chi connectivity index (χ4v) is 1.09. The molecule has 0 aliphatic carbocycles. The number of hydrogen-bond acceptors (Lipinski definition) is 2. The Morgan fingerprint density at radius 1 is 1.57 bits per heavy atom. The minimum atomic E-state index is -0.0606. The molecule has 0 atom stereocenters. The zero-order chi connectivity index (χ0) is 11.0. The summed E-state index contributed by atoms with van der Waals surface area (Å²) in [7, 11) is 0. The fourth-order valence-electron chi connectivity index (χ4n) is 1.09. The molecule has 0 bridgehead atoms. The molecular weight excluding hydrogens is 182 g/mol. The van der Waals surface area contributed by atoms with E-state index in [1.807, 2.05) is 13.8 Å². The van der Waals surface area contributed by atoms with E-state index in [0.29, 0.717) is 19.6 Å². The number of nitrogens with one attached hydrogen (secondary N) is 2. The van der Waals surface area contributed by atoms with Gasteiger partial charge < -0.3 is 15.5 Å². The van der Waals surface area contributed by atoms with Crippen molar-refractivity contribution < 1.29 is 9.59 Å². The monoisotopic (exact) mass is 201 g/mol. The van der Waals surface area contributed by atoms with Crippen LogP contribution in [0.4, 0.5) is 4.79 Å². The minimum absolute atomic E-state index is 0.0413. The molecule has 0 spiro atoms. The van der Waals surface area contributed by atoms with E-state index in [9.17, 15) is 9.59 Å². The molecule has 82 valence electrons. The quantitative estimate of drug-likeness (QED) is 0.684. The van der Waals surface area contributed by atoms with Gasteiger partial charge in [-0.25, -0.2) is 4.79 Å². The van der Waals surface area contributed by atoms with Crippen molar-refractivity contribution in [3.63, 3.8) is 0 Å². The van der Waals surface area contributed by atoms with E-state index in [1.54, 1.807) is 4.90 Å². The zero-order valence-corrected chi connectivity index (χ0v) is 9.09. The number of hydrogen-bond donors (Lipinski definition) is 2. The molecule has 3 amide bonds. The average molecular weight is 201 g/mol. The van der Waals surface area contributed by atoms with Crippen LogP contribution in [-0.4, -0.2) is 43.0 Å². The summed E-state index contributed by atoms with van der Waals surface area (Å²) in [6, 6.07) is -0.0413. The maximum atomic E-state index is 11.0. The Labute approximate surface area is 84.8 Å². The van der Waals surface area contributed by atoms with Gasteiger partial charge >= 0.3 is 6.03 Å². The third-order valence-electron chi connectivity index (χ3n) is 1.70. The Bertz CT molecular complexity index is 194. The van der Waals surface area contributed by atoms with Gasteiger partial charge in [0.05, 0.1) is 0 Å². The highest BCUT2D eigenvalue weighted by atomic mass is 16.2. The van der Waals surface area contributed by atoms with Gasteiger partial charge in [0.25, 0.3) is 0 Å². The molecule has 0 saturated carbocycles. The first-order valence-electron chi connectivity index (χ1n) is 4.97. The van der Waals surface area contributed by atoms with Crippen LogP contribution in [0.1, 0.15) is 20.8 Å². The lowest BCUT2D eigenvalue weighted by Gasteiger charge is -2.13. The van der Waals surface area contributed by atoms with Gasteiger partial charge in [0.2, 0.25) is 5.91 Å². The van der Waals surface area contributed by atoms with Gasteiger partial charge in [-0.2, -0.15) is 0 Å². The molecule has 1 aliphatic heterocycles. The van der Waals surface area contributed by atoms with Gasteiger partial charge in [-0.1, -0.05) is 13.8 Å².